The van der Waals surface area contributed by atoms with Crippen molar-refractivity contribution in [1.29, 1.82) is 0 Å². The minimum absolute atomic E-state index is 0. The molecule has 0 bridgehead atoms. The first-order valence-corrected chi connectivity index (χ1v) is 7.08. The number of rotatable bonds is 6. The summed E-state index contributed by atoms with van der Waals surface area (Å²) in [6.45, 7) is 3.09. The summed E-state index contributed by atoms with van der Waals surface area (Å²) in [5, 5.41) is 10.2. The molecule has 7 nitrogen and oxygen atoms in total. The SMILES string of the molecule is CN=C(NCCc1nc(C)no1)NCc1ccccc1OC.I. The van der Waals surface area contributed by atoms with Crippen molar-refractivity contribution in [3.05, 3.63) is 41.5 Å². The maximum absolute atomic E-state index is 5.32. The van der Waals surface area contributed by atoms with Crippen LogP contribution in [0.15, 0.2) is 33.8 Å². The zero-order chi connectivity index (χ0) is 15.8. The summed E-state index contributed by atoms with van der Waals surface area (Å²) >= 11 is 0. The molecule has 0 fully saturated rings. The van der Waals surface area contributed by atoms with E-state index >= 15 is 0 Å². The van der Waals surface area contributed by atoms with Crippen LogP contribution in [0.4, 0.5) is 0 Å². The van der Waals surface area contributed by atoms with Gasteiger partial charge in [0.15, 0.2) is 11.8 Å². The van der Waals surface area contributed by atoms with Crippen LogP contribution in [0.5, 0.6) is 5.75 Å². The average molecular weight is 431 g/mol. The second-order valence-electron chi connectivity index (χ2n) is 4.65. The van der Waals surface area contributed by atoms with Crippen LogP contribution in [0.3, 0.4) is 0 Å². The van der Waals surface area contributed by atoms with E-state index in [1.165, 1.54) is 0 Å². The number of hydrogen-bond acceptors (Lipinski definition) is 5. The van der Waals surface area contributed by atoms with E-state index in [0.717, 1.165) is 11.3 Å². The third-order valence-corrected chi connectivity index (χ3v) is 3.06. The summed E-state index contributed by atoms with van der Waals surface area (Å²) in [4.78, 5) is 8.34. The van der Waals surface area contributed by atoms with Gasteiger partial charge in [0.05, 0.1) is 7.11 Å². The third kappa shape index (κ3) is 6.05. The Labute approximate surface area is 152 Å². The van der Waals surface area contributed by atoms with E-state index in [9.17, 15) is 0 Å². The van der Waals surface area contributed by atoms with Gasteiger partial charge < -0.3 is 19.9 Å². The summed E-state index contributed by atoms with van der Waals surface area (Å²) in [7, 11) is 3.40. The van der Waals surface area contributed by atoms with E-state index in [2.05, 4.69) is 25.8 Å². The topological polar surface area (TPSA) is 84.6 Å². The first kappa shape index (κ1) is 19.2. The molecule has 0 spiro atoms. The Morgan fingerprint density at radius 2 is 2.09 bits per heavy atom. The smallest absolute Gasteiger partial charge is 0.228 e. The molecule has 2 N–H and O–H groups in total. The molecule has 2 aromatic rings. The molecule has 0 atom stereocenters. The van der Waals surface area contributed by atoms with Crippen LogP contribution in [0.1, 0.15) is 17.3 Å². The molecule has 0 saturated heterocycles. The van der Waals surface area contributed by atoms with Gasteiger partial charge in [-0.3, -0.25) is 4.99 Å². The van der Waals surface area contributed by atoms with Crippen LogP contribution >= 0.6 is 24.0 Å². The molecule has 1 aromatic heterocycles. The van der Waals surface area contributed by atoms with Gasteiger partial charge >= 0.3 is 0 Å². The third-order valence-electron chi connectivity index (χ3n) is 3.06. The number of guanidine groups is 1. The highest BCUT2D eigenvalue weighted by molar-refractivity contribution is 14.0. The number of ether oxygens (including phenoxy) is 1. The fourth-order valence-electron chi connectivity index (χ4n) is 1.98. The van der Waals surface area contributed by atoms with Gasteiger partial charge in [-0.15, -0.1) is 24.0 Å². The Kier molecular flexibility index (Phi) is 8.38. The number of aliphatic imine (C=N–C) groups is 1. The molecule has 1 aromatic carbocycles. The summed E-state index contributed by atoms with van der Waals surface area (Å²) in [6, 6.07) is 7.88. The molecule has 8 heteroatoms. The van der Waals surface area contributed by atoms with E-state index in [1.807, 2.05) is 24.3 Å². The average Bonchev–Trinajstić information content (AvgIpc) is 2.96. The standard InChI is InChI=1S/C15H21N5O2.HI/c1-11-19-14(22-20-11)8-9-17-15(16-2)18-10-12-6-4-5-7-13(12)21-3;/h4-7H,8-10H2,1-3H3,(H2,16,17,18);1H. The van der Waals surface area contributed by atoms with Crippen molar-refractivity contribution in [1.82, 2.24) is 20.8 Å². The lowest BCUT2D eigenvalue weighted by atomic mass is 10.2. The molecule has 2 rings (SSSR count). The number of para-hydroxylation sites is 1. The van der Waals surface area contributed by atoms with Crippen LogP contribution in [0.2, 0.25) is 0 Å². The summed E-state index contributed by atoms with van der Waals surface area (Å²) < 4.78 is 10.4. The molecule has 0 radical (unpaired) electrons. The lowest BCUT2D eigenvalue weighted by Crippen LogP contribution is -2.37. The monoisotopic (exact) mass is 431 g/mol. The highest BCUT2D eigenvalue weighted by Crippen LogP contribution is 2.16. The second-order valence-corrected chi connectivity index (χ2v) is 4.65. The van der Waals surface area contributed by atoms with Gasteiger partial charge in [-0.25, -0.2) is 0 Å². The molecule has 126 valence electrons. The maximum Gasteiger partial charge on any atom is 0.228 e. The van der Waals surface area contributed by atoms with Gasteiger partial charge in [0.1, 0.15) is 5.75 Å². The fourth-order valence-corrected chi connectivity index (χ4v) is 1.98. The number of methoxy groups -OCH3 is 1. The Balaban J connectivity index is 0.00000264. The maximum atomic E-state index is 5.32. The lowest BCUT2D eigenvalue weighted by molar-refractivity contribution is 0.374. The number of nitrogens with zero attached hydrogens (tertiary/aromatic N) is 3. The van der Waals surface area contributed by atoms with Gasteiger partial charge in [0, 0.05) is 32.1 Å². The van der Waals surface area contributed by atoms with E-state index in [1.54, 1.807) is 21.1 Å². The van der Waals surface area contributed by atoms with Gasteiger partial charge in [-0.2, -0.15) is 4.98 Å². The zero-order valence-electron chi connectivity index (χ0n) is 13.5. The summed E-state index contributed by atoms with van der Waals surface area (Å²) in [6.07, 6.45) is 0.649. The van der Waals surface area contributed by atoms with E-state index < -0.39 is 0 Å². The lowest BCUT2D eigenvalue weighted by Gasteiger charge is -2.13. The van der Waals surface area contributed by atoms with Crippen LogP contribution in [-0.4, -0.2) is 36.8 Å². The normalized spacial score (nSPS) is 10.8. The molecule has 0 unspecified atom stereocenters. The van der Waals surface area contributed by atoms with Crippen molar-refractivity contribution < 1.29 is 9.26 Å². The molecule has 23 heavy (non-hydrogen) atoms. The molecule has 0 amide bonds. The number of aryl methyl sites for hydroxylation is 1. The molecular formula is C15H22IN5O2. The van der Waals surface area contributed by atoms with Gasteiger partial charge in [-0.1, -0.05) is 23.4 Å². The van der Waals surface area contributed by atoms with Crippen LogP contribution in [0.25, 0.3) is 0 Å². The summed E-state index contributed by atoms with van der Waals surface area (Å²) in [5.41, 5.74) is 1.07. The van der Waals surface area contributed by atoms with Gasteiger partial charge in [0.2, 0.25) is 5.89 Å². The van der Waals surface area contributed by atoms with Crippen molar-refractivity contribution in [2.75, 3.05) is 20.7 Å². The van der Waals surface area contributed by atoms with Crippen molar-refractivity contribution in [2.24, 2.45) is 4.99 Å². The predicted octanol–water partition coefficient (Wildman–Crippen LogP) is 1.91. The van der Waals surface area contributed by atoms with Crippen LogP contribution in [0, 0.1) is 6.92 Å². The highest BCUT2D eigenvalue weighted by atomic mass is 127. The van der Waals surface area contributed by atoms with E-state index in [-0.39, 0.29) is 24.0 Å². The van der Waals surface area contributed by atoms with Gasteiger partial charge in [0.25, 0.3) is 0 Å². The second kappa shape index (κ2) is 10.0. The van der Waals surface area contributed by atoms with Crippen molar-refractivity contribution in [3.8, 4) is 5.75 Å². The quantitative estimate of drug-likeness (QED) is 0.413. The molecule has 1 heterocycles. The Morgan fingerprint density at radius 1 is 1.30 bits per heavy atom. The molecule has 0 aliphatic heterocycles. The van der Waals surface area contributed by atoms with Crippen molar-refractivity contribution in [2.45, 2.75) is 19.9 Å². The zero-order valence-corrected chi connectivity index (χ0v) is 15.8. The Bertz CT molecular complexity index is 630. The van der Waals surface area contributed by atoms with E-state index in [4.69, 9.17) is 9.26 Å². The van der Waals surface area contributed by atoms with E-state index in [0.29, 0.717) is 37.2 Å². The first-order valence-electron chi connectivity index (χ1n) is 7.08. The minimum Gasteiger partial charge on any atom is -0.496 e. The molecule has 0 aliphatic carbocycles. The Hall–Kier alpha value is -1.84. The number of aromatic nitrogens is 2. The van der Waals surface area contributed by atoms with Crippen molar-refractivity contribution in [3.63, 3.8) is 0 Å². The van der Waals surface area contributed by atoms with Crippen molar-refractivity contribution >= 4 is 29.9 Å². The van der Waals surface area contributed by atoms with Gasteiger partial charge in [-0.05, 0) is 13.0 Å². The largest absolute Gasteiger partial charge is 0.496 e. The molecule has 0 saturated carbocycles. The highest BCUT2D eigenvalue weighted by Gasteiger charge is 2.05. The van der Waals surface area contributed by atoms with Crippen LogP contribution in [-0.2, 0) is 13.0 Å². The molecule has 0 aliphatic rings. The number of halogens is 1. The summed E-state index contributed by atoms with van der Waals surface area (Å²) in [5.74, 6) is 2.83. The first-order chi connectivity index (χ1) is 10.7. The minimum atomic E-state index is 0. The number of nitrogens with one attached hydrogen (secondary N) is 2. The molecular weight excluding hydrogens is 409 g/mol. The number of benzene rings is 1. The fraction of sp³-hybridized carbons (Fsp3) is 0.400. The van der Waals surface area contributed by atoms with Crippen LogP contribution < -0.4 is 15.4 Å². The Morgan fingerprint density at radius 3 is 2.74 bits per heavy atom. The predicted molar refractivity (Wildman–Crippen MR) is 99.3 cm³/mol. The number of hydrogen-bond donors (Lipinski definition) is 2.